The van der Waals surface area contributed by atoms with Crippen molar-refractivity contribution in [3.8, 4) is 5.75 Å². The summed E-state index contributed by atoms with van der Waals surface area (Å²) in [5.74, 6) is -0.0920. The molecule has 0 radical (unpaired) electrons. The molecule has 19 heavy (non-hydrogen) atoms. The highest BCUT2D eigenvalue weighted by molar-refractivity contribution is 9.10. The van der Waals surface area contributed by atoms with Crippen LogP contribution in [0, 0.1) is 5.92 Å². The maximum absolute atomic E-state index is 11.2. The summed E-state index contributed by atoms with van der Waals surface area (Å²) in [6.07, 6.45) is 1.17. The third-order valence-electron chi connectivity index (χ3n) is 3.33. The van der Waals surface area contributed by atoms with Crippen molar-refractivity contribution in [1.29, 1.82) is 0 Å². The van der Waals surface area contributed by atoms with E-state index in [1.54, 1.807) is 0 Å². The molecule has 1 fully saturated rings. The second-order valence-electron chi connectivity index (χ2n) is 4.87. The summed E-state index contributed by atoms with van der Waals surface area (Å²) in [7, 11) is 0. The van der Waals surface area contributed by atoms with Crippen molar-refractivity contribution in [1.82, 2.24) is 0 Å². The van der Waals surface area contributed by atoms with E-state index in [0.717, 1.165) is 28.1 Å². The van der Waals surface area contributed by atoms with Crippen molar-refractivity contribution in [3.63, 3.8) is 0 Å². The average Bonchev–Trinajstić information content (AvgIpc) is 3.20. The maximum atomic E-state index is 11.2. The topological polar surface area (TPSA) is 46.5 Å². The van der Waals surface area contributed by atoms with Crippen LogP contribution in [0.15, 0.2) is 40.9 Å². The number of hydrogen-bond acceptors (Lipinski definition) is 2. The van der Waals surface area contributed by atoms with Crippen molar-refractivity contribution in [3.05, 3.63) is 40.9 Å². The van der Waals surface area contributed by atoms with E-state index < -0.39 is 12.1 Å². The number of fused-ring (bicyclic) bond motifs is 1. The van der Waals surface area contributed by atoms with Crippen LogP contribution >= 0.6 is 15.9 Å². The first-order valence-corrected chi connectivity index (χ1v) is 7.01. The first-order chi connectivity index (χ1) is 9.13. The summed E-state index contributed by atoms with van der Waals surface area (Å²) < 4.78 is 6.65. The van der Waals surface area contributed by atoms with Gasteiger partial charge in [-0.25, -0.2) is 4.79 Å². The number of benzene rings is 2. The predicted octanol–water partition coefficient (Wildman–Crippen LogP) is 3.84. The SMILES string of the molecule is O=C(O)C(Oc1ccc2cc(Br)ccc2c1)C1CC1. The molecular formula is C15H13BrO3. The van der Waals surface area contributed by atoms with E-state index in [1.165, 1.54) is 0 Å². The molecule has 1 aliphatic rings. The van der Waals surface area contributed by atoms with Gasteiger partial charge in [-0.05, 0) is 47.9 Å². The van der Waals surface area contributed by atoms with Gasteiger partial charge in [0.25, 0.3) is 0 Å². The molecule has 3 rings (SSSR count). The van der Waals surface area contributed by atoms with Gasteiger partial charge in [0, 0.05) is 10.4 Å². The van der Waals surface area contributed by atoms with Gasteiger partial charge in [-0.1, -0.05) is 28.1 Å². The van der Waals surface area contributed by atoms with Crippen LogP contribution in [0.5, 0.6) is 5.75 Å². The second-order valence-corrected chi connectivity index (χ2v) is 5.78. The van der Waals surface area contributed by atoms with Crippen molar-refractivity contribution >= 4 is 32.7 Å². The van der Waals surface area contributed by atoms with E-state index >= 15 is 0 Å². The van der Waals surface area contributed by atoms with Crippen molar-refractivity contribution < 1.29 is 14.6 Å². The highest BCUT2D eigenvalue weighted by atomic mass is 79.9. The quantitative estimate of drug-likeness (QED) is 0.930. The van der Waals surface area contributed by atoms with Gasteiger partial charge in [0.05, 0.1) is 0 Å². The lowest BCUT2D eigenvalue weighted by molar-refractivity contribution is -0.146. The minimum Gasteiger partial charge on any atom is -0.478 e. The molecule has 0 spiro atoms. The molecule has 1 unspecified atom stereocenters. The number of carboxylic acid groups (broad SMARTS) is 1. The van der Waals surface area contributed by atoms with E-state index in [0.29, 0.717) is 5.75 Å². The number of rotatable bonds is 4. The molecule has 98 valence electrons. The highest BCUT2D eigenvalue weighted by Gasteiger charge is 2.38. The molecule has 0 bridgehead atoms. The fourth-order valence-electron chi connectivity index (χ4n) is 2.16. The summed E-state index contributed by atoms with van der Waals surface area (Å²) in [5, 5.41) is 11.3. The smallest absolute Gasteiger partial charge is 0.345 e. The van der Waals surface area contributed by atoms with Gasteiger partial charge in [-0.3, -0.25) is 0 Å². The lowest BCUT2D eigenvalue weighted by atomic mass is 10.1. The zero-order chi connectivity index (χ0) is 13.4. The normalized spacial score (nSPS) is 16.3. The van der Waals surface area contributed by atoms with Gasteiger partial charge in [-0.2, -0.15) is 0 Å². The Kier molecular flexibility index (Phi) is 3.19. The summed E-state index contributed by atoms with van der Waals surface area (Å²) in [4.78, 5) is 11.2. The molecule has 4 heteroatoms. The minimum absolute atomic E-state index is 0.165. The first kappa shape index (κ1) is 12.5. The number of aliphatic carboxylic acids is 1. The van der Waals surface area contributed by atoms with Crippen LogP contribution in [0.3, 0.4) is 0 Å². The van der Waals surface area contributed by atoms with E-state index in [1.807, 2.05) is 36.4 Å². The fraction of sp³-hybridized carbons (Fsp3) is 0.267. The van der Waals surface area contributed by atoms with Gasteiger partial charge in [0.15, 0.2) is 6.10 Å². The number of ether oxygens (including phenoxy) is 1. The van der Waals surface area contributed by atoms with Crippen LogP contribution in [0.4, 0.5) is 0 Å². The molecule has 1 N–H and O–H groups in total. The Bertz CT molecular complexity index is 634. The Morgan fingerprint density at radius 2 is 1.89 bits per heavy atom. The van der Waals surface area contributed by atoms with Crippen LogP contribution in [-0.4, -0.2) is 17.2 Å². The molecule has 1 aliphatic carbocycles. The van der Waals surface area contributed by atoms with E-state index in [4.69, 9.17) is 9.84 Å². The van der Waals surface area contributed by atoms with Crippen LogP contribution < -0.4 is 4.74 Å². The largest absolute Gasteiger partial charge is 0.478 e. The van der Waals surface area contributed by atoms with Gasteiger partial charge in [0.2, 0.25) is 0 Å². The summed E-state index contributed by atoms with van der Waals surface area (Å²) >= 11 is 3.43. The van der Waals surface area contributed by atoms with Gasteiger partial charge >= 0.3 is 5.97 Å². The third kappa shape index (κ3) is 2.73. The number of hydrogen-bond donors (Lipinski definition) is 1. The maximum Gasteiger partial charge on any atom is 0.345 e. The molecule has 0 amide bonds. The fourth-order valence-corrected chi connectivity index (χ4v) is 2.54. The van der Waals surface area contributed by atoms with Crippen molar-refractivity contribution in [2.75, 3.05) is 0 Å². The molecule has 1 atom stereocenters. The van der Waals surface area contributed by atoms with Crippen molar-refractivity contribution in [2.45, 2.75) is 18.9 Å². The lowest BCUT2D eigenvalue weighted by Gasteiger charge is -2.14. The Morgan fingerprint density at radius 1 is 1.21 bits per heavy atom. The molecule has 2 aromatic carbocycles. The highest BCUT2D eigenvalue weighted by Crippen LogP contribution is 2.35. The summed E-state index contributed by atoms with van der Waals surface area (Å²) in [6.45, 7) is 0. The lowest BCUT2D eigenvalue weighted by Crippen LogP contribution is -2.29. The van der Waals surface area contributed by atoms with Crippen LogP contribution in [0.2, 0.25) is 0 Å². The van der Waals surface area contributed by atoms with Crippen LogP contribution in [-0.2, 0) is 4.79 Å². The van der Waals surface area contributed by atoms with Gasteiger partial charge in [0.1, 0.15) is 5.75 Å². The number of halogens is 1. The standard InChI is InChI=1S/C15H13BrO3/c16-12-5-3-11-8-13(6-4-10(11)7-12)19-14(15(17)18)9-1-2-9/h3-9,14H,1-2H2,(H,17,18). The van der Waals surface area contributed by atoms with Crippen LogP contribution in [0.25, 0.3) is 10.8 Å². The molecule has 3 nitrogen and oxygen atoms in total. The zero-order valence-corrected chi connectivity index (χ0v) is 11.8. The molecule has 0 aromatic heterocycles. The third-order valence-corrected chi connectivity index (χ3v) is 3.82. The molecule has 0 aliphatic heterocycles. The second kappa shape index (κ2) is 4.85. The van der Waals surface area contributed by atoms with Crippen molar-refractivity contribution in [2.24, 2.45) is 5.92 Å². The first-order valence-electron chi connectivity index (χ1n) is 6.22. The monoisotopic (exact) mass is 320 g/mol. The average molecular weight is 321 g/mol. The van der Waals surface area contributed by atoms with E-state index in [2.05, 4.69) is 15.9 Å². The minimum atomic E-state index is -0.876. The molecule has 2 aromatic rings. The molecule has 0 saturated heterocycles. The predicted molar refractivity (Wildman–Crippen MR) is 76.4 cm³/mol. The van der Waals surface area contributed by atoms with Crippen LogP contribution in [0.1, 0.15) is 12.8 Å². The summed E-state index contributed by atoms with van der Waals surface area (Å²) in [5.41, 5.74) is 0. The number of carboxylic acids is 1. The van der Waals surface area contributed by atoms with Gasteiger partial charge in [-0.15, -0.1) is 0 Å². The molecule has 0 heterocycles. The van der Waals surface area contributed by atoms with E-state index in [-0.39, 0.29) is 5.92 Å². The van der Waals surface area contributed by atoms with Gasteiger partial charge < -0.3 is 9.84 Å². The Labute approximate surface area is 119 Å². The zero-order valence-electron chi connectivity index (χ0n) is 10.2. The Balaban J connectivity index is 1.88. The Morgan fingerprint density at radius 3 is 2.58 bits per heavy atom. The Hall–Kier alpha value is -1.55. The summed E-state index contributed by atoms with van der Waals surface area (Å²) in [6, 6.07) is 11.6. The molecule has 1 saturated carbocycles. The number of carbonyl (C=O) groups is 1. The molecular weight excluding hydrogens is 308 g/mol. The van der Waals surface area contributed by atoms with E-state index in [9.17, 15) is 4.79 Å².